The molecular formula is C16H14N2O2. The first kappa shape index (κ1) is 13.6. The highest BCUT2D eigenvalue weighted by Crippen LogP contribution is 2.19. The lowest BCUT2D eigenvalue weighted by atomic mass is 10.0. The summed E-state index contributed by atoms with van der Waals surface area (Å²) >= 11 is 0. The SMILES string of the molecule is Cc1ccccc1OCc1ccccc1C(C#N)=NO. The van der Waals surface area contributed by atoms with Gasteiger partial charge in [0.25, 0.3) is 0 Å². The van der Waals surface area contributed by atoms with Gasteiger partial charge in [-0.05, 0) is 24.1 Å². The van der Waals surface area contributed by atoms with Gasteiger partial charge in [0, 0.05) is 5.56 Å². The lowest BCUT2D eigenvalue weighted by Gasteiger charge is -2.11. The van der Waals surface area contributed by atoms with Gasteiger partial charge in [-0.2, -0.15) is 5.26 Å². The maximum atomic E-state index is 8.95. The van der Waals surface area contributed by atoms with Crippen molar-refractivity contribution in [2.45, 2.75) is 13.5 Å². The Bertz CT molecular complexity index is 672. The second-order valence-corrected chi connectivity index (χ2v) is 4.27. The molecule has 20 heavy (non-hydrogen) atoms. The smallest absolute Gasteiger partial charge is 0.187 e. The summed E-state index contributed by atoms with van der Waals surface area (Å²) in [7, 11) is 0. The van der Waals surface area contributed by atoms with Crippen molar-refractivity contribution in [1.29, 1.82) is 5.26 Å². The summed E-state index contributed by atoms with van der Waals surface area (Å²) in [5.74, 6) is 0.793. The van der Waals surface area contributed by atoms with Gasteiger partial charge < -0.3 is 9.94 Å². The third-order valence-corrected chi connectivity index (χ3v) is 2.96. The Kier molecular flexibility index (Phi) is 4.35. The molecule has 0 atom stereocenters. The van der Waals surface area contributed by atoms with E-state index in [4.69, 9.17) is 15.2 Å². The zero-order chi connectivity index (χ0) is 14.4. The summed E-state index contributed by atoms with van der Waals surface area (Å²) in [4.78, 5) is 0. The van der Waals surface area contributed by atoms with Crippen molar-refractivity contribution in [3.05, 3.63) is 65.2 Å². The van der Waals surface area contributed by atoms with E-state index in [1.807, 2.05) is 49.4 Å². The summed E-state index contributed by atoms with van der Waals surface area (Å²) in [6.07, 6.45) is 0. The second-order valence-electron chi connectivity index (χ2n) is 4.27. The minimum Gasteiger partial charge on any atom is -0.489 e. The van der Waals surface area contributed by atoms with Gasteiger partial charge in [-0.25, -0.2) is 0 Å². The van der Waals surface area contributed by atoms with Crippen molar-refractivity contribution in [3.63, 3.8) is 0 Å². The number of oxime groups is 1. The molecule has 0 heterocycles. The Hall–Kier alpha value is -2.80. The fourth-order valence-corrected chi connectivity index (χ4v) is 1.89. The van der Waals surface area contributed by atoms with E-state index in [1.165, 1.54) is 0 Å². The molecule has 0 saturated heterocycles. The maximum absolute atomic E-state index is 8.95. The number of nitrogens with zero attached hydrogens (tertiary/aromatic N) is 2. The Morgan fingerprint density at radius 2 is 1.90 bits per heavy atom. The van der Waals surface area contributed by atoms with Crippen molar-refractivity contribution < 1.29 is 9.94 Å². The predicted molar refractivity (Wildman–Crippen MR) is 75.9 cm³/mol. The van der Waals surface area contributed by atoms with E-state index in [1.54, 1.807) is 12.1 Å². The highest BCUT2D eigenvalue weighted by atomic mass is 16.5. The van der Waals surface area contributed by atoms with Gasteiger partial charge in [0.05, 0.1) is 0 Å². The maximum Gasteiger partial charge on any atom is 0.187 e. The minimum atomic E-state index is -0.0195. The van der Waals surface area contributed by atoms with E-state index in [0.29, 0.717) is 12.2 Å². The number of hydrogen-bond acceptors (Lipinski definition) is 4. The molecule has 0 unspecified atom stereocenters. The average Bonchev–Trinajstić information content (AvgIpc) is 2.49. The Morgan fingerprint density at radius 3 is 2.60 bits per heavy atom. The van der Waals surface area contributed by atoms with E-state index < -0.39 is 0 Å². The van der Waals surface area contributed by atoms with Gasteiger partial charge in [-0.15, -0.1) is 0 Å². The molecule has 0 saturated carbocycles. The monoisotopic (exact) mass is 266 g/mol. The number of aryl methyl sites for hydroxylation is 1. The molecule has 1 N–H and O–H groups in total. The molecule has 0 bridgehead atoms. The van der Waals surface area contributed by atoms with E-state index in [0.717, 1.165) is 16.9 Å². The highest BCUT2D eigenvalue weighted by Gasteiger charge is 2.10. The molecule has 0 fully saturated rings. The lowest BCUT2D eigenvalue weighted by molar-refractivity contribution is 0.303. The van der Waals surface area contributed by atoms with Gasteiger partial charge in [-0.1, -0.05) is 47.6 Å². The molecule has 100 valence electrons. The summed E-state index contributed by atoms with van der Waals surface area (Å²) in [5, 5.41) is 20.8. The largest absolute Gasteiger partial charge is 0.489 e. The van der Waals surface area contributed by atoms with Crippen LogP contribution in [0.5, 0.6) is 5.75 Å². The van der Waals surface area contributed by atoms with Gasteiger partial charge >= 0.3 is 0 Å². The van der Waals surface area contributed by atoms with Gasteiger partial charge in [0.1, 0.15) is 18.4 Å². The summed E-state index contributed by atoms with van der Waals surface area (Å²) < 4.78 is 5.76. The van der Waals surface area contributed by atoms with Crippen LogP contribution in [0.3, 0.4) is 0 Å². The van der Waals surface area contributed by atoms with Crippen molar-refractivity contribution >= 4 is 5.71 Å². The molecule has 0 aliphatic rings. The molecule has 0 aromatic heterocycles. The lowest BCUT2D eigenvalue weighted by Crippen LogP contribution is -2.06. The fraction of sp³-hybridized carbons (Fsp3) is 0.125. The first-order valence-electron chi connectivity index (χ1n) is 6.15. The molecule has 2 aromatic rings. The molecule has 0 radical (unpaired) electrons. The predicted octanol–water partition coefficient (Wildman–Crippen LogP) is 3.28. The van der Waals surface area contributed by atoms with Crippen molar-refractivity contribution in [2.75, 3.05) is 0 Å². The van der Waals surface area contributed by atoms with E-state index in [9.17, 15) is 0 Å². The molecule has 0 aliphatic carbocycles. The van der Waals surface area contributed by atoms with Crippen molar-refractivity contribution in [1.82, 2.24) is 0 Å². The van der Waals surface area contributed by atoms with Crippen LogP contribution in [0.25, 0.3) is 0 Å². The Balaban J connectivity index is 2.23. The Labute approximate surface area is 117 Å². The molecule has 0 amide bonds. The molecular weight excluding hydrogens is 252 g/mol. The summed E-state index contributed by atoms with van der Waals surface area (Å²) in [5.41, 5.74) is 2.39. The first-order chi connectivity index (χ1) is 9.76. The highest BCUT2D eigenvalue weighted by molar-refractivity contribution is 6.12. The average molecular weight is 266 g/mol. The zero-order valence-electron chi connectivity index (χ0n) is 11.1. The fourth-order valence-electron chi connectivity index (χ4n) is 1.89. The number of hydrogen-bond donors (Lipinski definition) is 1. The van der Waals surface area contributed by atoms with Crippen LogP contribution in [0.1, 0.15) is 16.7 Å². The molecule has 0 spiro atoms. The third-order valence-electron chi connectivity index (χ3n) is 2.96. The van der Waals surface area contributed by atoms with E-state index in [-0.39, 0.29) is 5.71 Å². The second kappa shape index (κ2) is 6.39. The first-order valence-corrected chi connectivity index (χ1v) is 6.15. The number of ether oxygens (including phenoxy) is 1. The normalized spacial score (nSPS) is 10.9. The topological polar surface area (TPSA) is 65.6 Å². The van der Waals surface area contributed by atoms with Crippen LogP contribution in [0.4, 0.5) is 0 Å². The summed E-state index contributed by atoms with van der Waals surface area (Å²) in [6.45, 7) is 2.28. The molecule has 2 aromatic carbocycles. The van der Waals surface area contributed by atoms with Gasteiger partial charge in [0.15, 0.2) is 5.71 Å². The van der Waals surface area contributed by atoms with Crippen LogP contribution < -0.4 is 4.74 Å². The molecule has 0 aliphatic heterocycles. The van der Waals surface area contributed by atoms with E-state index in [2.05, 4.69) is 5.16 Å². The standard InChI is InChI=1S/C16H14N2O2/c1-12-6-2-5-9-16(12)20-11-13-7-3-4-8-14(13)15(10-17)18-19/h2-9,19H,11H2,1H3. The van der Waals surface area contributed by atoms with Crippen molar-refractivity contribution in [2.24, 2.45) is 5.16 Å². The van der Waals surface area contributed by atoms with Crippen LogP contribution in [-0.4, -0.2) is 10.9 Å². The van der Waals surface area contributed by atoms with Crippen LogP contribution >= 0.6 is 0 Å². The van der Waals surface area contributed by atoms with Crippen LogP contribution in [0.15, 0.2) is 53.7 Å². The molecule has 4 heteroatoms. The van der Waals surface area contributed by atoms with Crippen LogP contribution in [-0.2, 0) is 6.61 Å². The van der Waals surface area contributed by atoms with E-state index >= 15 is 0 Å². The third kappa shape index (κ3) is 2.96. The quantitative estimate of drug-likeness (QED) is 0.524. The minimum absolute atomic E-state index is 0.0195. The number of para-hydroxylation sites is 1. The van der Waals surface area contributed by atoms with Crippen LogP contribution in [0, 0.1) is 18.3 Å². The van der Waals surface area contributed by atoms with Gasteiger partial charge in [-0.3, -0.25) is 0 Å². The van der Waals surface area contributed by atoms with Crippen molar-refractivity contribution in [3.8, 4) is 11.8 Å². The summed E-state index contributed by atoms with van der Waals surface area (Å²) in [6, 6.07) is 16.8. The Morgan fingerprint density at radius 1 is 1.20 bits per heavy atom. The number of rotatable bonds is 4. The zero-order valence-corrected chi connectivity index (χ0v) is 11.1. The van der Waals surface area contributed by atoms with Crippen LogP contribution in [0.2, 0.25) is 0 Å². The number of nitriles is 1. The molecule has 2 rings (SSSR count). The van der Waals surface area contributed by atoms with Gasteiger partial charge in [0.2, 0.25) is 0 Å². The number of benzene rings is 2. The molecule has 4 nitrogen and oxygen atoms in total.